The lowest BCUT2D eigenvalue weighted by atomic mass is 10.1. The van der Waals surface area contributed by atoms with Gasteiger partial charge in [0.1, 0.15) is 22.8 Å². The van der Waals surface area contributed by atoms with Crippen LogP contribution in [0.25, 0.3) is 22.6 Å². The molecule has 0 spiro atoms. The molecule has 0 aliphatic heterocycles. The Hall–Kier alpha value is -3.94. The van der Waals surface area contributed by atoms with Crippen molar-refractivity contribution in [3.8, 4) is 28.4 Å². The topological polar surface area (TPSA) is 78.1 Å². The van der Waals surface area contributed by atoms with E-state index in [0.29, 0.717) is 35.8 Å². The number of methoxy groups -OCH3 is 1. The van der Waals surface area contributed by atoms with Crippen LogP contribution in [0.3, 0.4) is 0 Å². The first kappa shape index (κ1) is 20.3. The molecule has 8 heteroatoms. The first-order valence-electron chi connectivity index (χ1n) is 10.2. The van der Waals surface area contributed by atoms with Gasteiger partial charge in [0.05, 0.1) is 25.2 Å². The summed E-state index contributed by atoms with van der Waals surface area (Å²) in [6.45, 7) is 5.39. The highest BCUT2D eigenvalue weighted by Crippen LogP contribution is 2.24. The van der Waals surface area contributed by atoms with Crippen molar-refractivity contribution in [2.75, 3.05) is 25.1 Å². The lowest BCUT2D eigenvalue weighted by Crippen LogP contribution is -2.34. The fraction of sp³-hybridized carbons (Fsp3) is 0.217. The second-order valence-corrected chi connectivity index (χ2v) is 6.88. The normalized spacial score (nSPS) is 10.8. The van der Waals surface area contributed by atoms with E-state index in [1.807, 2.05) is 73.3 Å². The molecule has 4 aromatic rings. The summed E-state index contributed by atoms with van der Waals surface area (Å²) in [5, 5.41) is 13.0. The van der Waals surface area contributed by atoms with Crippen LogP contribution >= 0.6 is 0 Å². The van der Waals surface area contributed by atoms with Gasteiger partial charge in [-0.15, -0.1) is 5.10 Å². The fourth-order valence-corrected chi connectivity index (χ4v) is 3.47. The van der Waals surface area contributed by atoms with E-state index in [-0.39, 0.29) is 5.56 Å². The van der Waals surface area contributed by atoms with Crippen molar-refractivity contribution < 1.29 is 4.74 Å². The van der Waals surface area contributed by atoms with Gasteiger partial charge in [-0.05, 0) is 50.2 Å². The fourth-order valence-electron chi connectivity index (χ4n) is 3.47. The molecule has 0 atom stereocenters. The van der Waals surface area contributed by atoms with Gasteiger partial charge in [-0.1, -0.05) is 23.4 Å². The molecule has 0 saturated heterocycles. The quantitative estimate of drug-likeness (QED) is 0.460. The van der Waals surface area contributed by atoms with E-state index in [0.717, 1.165) is 11.3 Å². The highest BCUT2D eigenvalue weighted by atomic mass is 16.5. The van der Waals surface area contributed by atoms with Crippen LogP contribution in [0.15, 0.2) is 71.8 Å². The second kappa shape index (κ2) is 8.83. The minimum absolute atomic E-state index is 0.200. The van der Waals surface area contributed by atoms with E-state index in [2.05, 4.69) is 15.4 Å². The zero-order valence-electron chi connectivity index (χ0n) is 17.8. The summed E-state index contributed by atoms with van der Waals surface area (Å²) in [5.41, 5.74) is 3.24. The Balaban J connectivity index is 1.82. The maximum Gasteiger partial charge on any atom is 0.297 e. The van der Waals surface area contributed by atoms with Crippen molar-refractivity contribution in [2.45, 2.75) is 13.8 Å². The third-order valence-electron chi connectivity index (χ3n) is 5.14. The van der Waals surface area contributed by atoms with Gasteiger partial charge >= 0.3 is 0 Å². The molecule has 0 aliphatic carbocycles. The van der Waals surface area contributed by atoms with Crippen molar-refractivity contribution in [3.05, 3.63) is 77.3 Å². The molecule has 2 aromatic carbocycles. The summed E-state index contributed by atoms with van der Waals surface area (Å²) in [6, 6.07) is 17.0. The van der Waals surface area contributed by atoms with Crippen LogP contribution in [0.2, 0.25) is 0 Å². The summed E-state index contributed by atoms with van der Waals surface area (Å²) >= 11 is 0. The molecule has 2 heterocycles. The number of nitrogens with zero attached hydrogens (tertiary/aromatic N) is 6. The summed E-state index contributed by atoms with van der Waals surface area (Å²) < 4.78 is 8.24. The zero-order chi connectivity index (χ0) is 21.8. The Bertz CT molecular complexity index is 1210. The summed E-state index contributed by atoms with van der Waals surface area (Å²) in [5.74, 6) is 0.772. The van der Waals surface area contributed by atoms with Gasteiger partial charge < -0.3 is 9.64 Å². The van der Waals surface area contributed by atoms with Crippen molar-refractivity contribution in [2.24, 2.45) is 0 Å². The molecule has 158 valence electrons. The molecule has 0 fully saturated rings. The van der Waals surface area contributed by atoms with Gasteiger partial charge in [0.2, 0.25) is 0 Å². The SMILES string of the molecule is CCN(CC)c1c(-n2cc(-c3ccc(OC)cc3)nn2)cnn(-c2ccccc2)c1=O. The number of hydrogen-bond donors (Lipinski definition) is 0. The van der Waals surface area contributed by atoms with Crippen LogP contribution in [0.4, 0.5) is 5.69 Å². The van der Waals surface area contributed by atoms with E-state index in [9.17, 15) is 4.79 Å². The second-order valence-electron chi connectivity index (χ2n) is 6.88. The molecule has 4 rings (SSSR count). The van der Waals surface area contributed by atoms with Crippen LogP contribution in [-0.2, 0) is 0 Å². The van der Waals surface area contributed by atoms with E-state index < -0.39 is 0 Å². The Morgan fingerprint density at radius 2 is 1.71 bits per heavy atom. The number of hydrogen-bond acceptors (Lipinski definition) is 6. The Morgan fingerprint density at radius 3 is 2.35 bits per heavy atom. The molecule has 0 amide bonds. The lowest BCUT2D eigenvalue weighted by molar-refractivity contribution is 0.415. The monoisotopic (exact) mass is 416 g/mol. The van der Waals surface area contributed by atoms with Gasteiger partial charge in [0, 0.05) is 18.7 Å². The standard InChI is InChI=1S/C23H24N6O2/c1-4-27(5-2)22-21(15-24-29(23(22)30)18-9-7-6-8-10-18)28-16-20(25-26-28)17-11-13-19(31-3)14-12-17/h6-16H,4-5H2,1-3H3. The number of ether oxygens (including phenoxy) is 1. The van der Waals surface area contributed by atoms with Gasteiger partial charge in [-0.2, -0.15) is 9.78 Å². The molecule has 0 unspecified atom stereocenters. The molecule has 8 nitrogen and oxygen atoms in total. The highest BCUT2D eigenvalue weighted by Gasteiger charge is 2.20. The molecule has 0 radical (unpaired) electrons. The maximum absolute atomic E-state index is 13.5. The van der Waals surface area contributed by atoms with Gasteiger partial charge in [0.15, 0.2) is 0 Å². The van der Waals surface area contributed by atoms with E-state index >= 15 is 0 Å². The van der Waals surface area contributed by atoms with Crippen LogP contribution in [-0.4, -0.2) is 45.0 Å². The molecular formula is C23H24N6O2. The molecule has 0 aliphatic rings. The number of para-hydroxylation sites is 1. The van der Waals surface area contributed by atoms with E-state index in [1.54, 1.807) is 24.2 Å². The summed E-state index contributed by atoms with van der Waals surface area (Å²) in [6.07, 6.45) is 3.46. The Kier molecular flexibility index (Phi) is 5.79. The predicted molar refractivity (Wildman–Crippen MR) is 120 cm³/mol. The van der Waals surface area contributed by atoms with Crippen LogP contribution < -0.4 is 15.2 Å². The largest absolute Gasteiger partial charge is 0.497 e. The number of benzene rings is 2. The van der Waals surface area contributed by atoms with Crippen molar-refractivity contribution >= 4 is 5.69 Å². The van der Waals surface area contributed by atoms with Crippen LogP contribution in [0.1, 0.15) is 13.8 Å². The Morgan fingerprint density at radius 1 is 1.00 bits per heavy atom. The minimum atomic E-state index is -0.200. The van der Waals surface area contributed by atoms with Gasteiger partial charge in [-0.3, -0.25) is 4.79 Å². The van der Waals surface area contributed by atoms with Crippen molar-refractivity contribution in [1.29, 1.82) is 0 Å². The molecule has 31 heavy (non-hydrogen) atoms. The van der Waals surface area contributed by atoms with Crippen LogP contribution in [0.5, 0.6) is 5.75 Å². The molecule has 2 aromatic heterocycles. The number of anilines is 1. The number of aromatic nitrogens is 5. The third kappa shape index (κ3) is 3.92. The van der Waals surface area contributed by atoms with Crippen molar-refractivity contribution in [1.82, 2.24) is 24.8 Å². The number of rotatable bonds is 7. The van der Waals surface area contributed by atoms with Crippen molar-refractivity contribution in [3.63, 3.8) is 0 Å². The van der Waals surface area contributed by atoms with E-state index in [4.69, 9.17) is 4.74 Å². The predicted octanol–water partition coefficient (Wildman–Crippen LogP) is 3.34. The van der Waals surface area contributed by atoms with Gasteiger partial charge in [-0.25, -0.2) is 4.68 Å². The first-order valence-corrected chi connectivity index (χ1v) is 10.2. The molecular weight excluding hydrogens is 392 g/mol. The molecule has 0 N–H and O–H groups in total. The average Bonchev–Trinajstić information content (AvgIpc) is 3.31. The van der Waals surface area contributed by atoms with Crippen LogP contribution in [0, 0.1) is 0 Å². The maximum atomic E-state index is 13.5. The van der Waals surface area contributed by atoms with E-state index in [1.165, 1.54) is 4.68 Å². The smallest absolute Gasteiger partial charge is 0.297 e. The first-order chi connectivity index (χ1) is 15.2. The lowest BCUT2D eigenvalue weighted by Gasteiger charge is -2.23. The molecule has 0 saturated carbocycles. The third-order valence-corrected chi connectivity index (χ3v) is 5.14. The summed E-state index contributed by atoms with van der Waals surface area (Å²) in [7, 11) is 1.63. The summed E-state index contributed by atoms with van der Waals surface area (Å²) in [4.78, 5) is 15.5. The zero-order valence-corrected chi connectivity index (χ0v) is 17.8. The average molecular weight is 416 g/mol. The Labute approximate surface area is 180 Å². The molecule has 0 bridgehead atoms. The minimum Gasteiger partial charge on any atom is -0.497 e. The van der Waals surface area contributed by atoms with Gasteiger partial charge in [0.25, 0.3) is 5.56 Å². The highest BCUT2D eigenvalue weighted by molar-refractivity contribution is 5.63.